The Hall–Kier alpha value is -2.76. The minimum absolute atomic E-state index is 0.0200. The fourth-order valence-electron chi connectivity index (χ4n) is 2.89. The molecule has 0 radical (unpaired) electrons. The van der Waals surface area contributed by atoms with E-state index in [9.17, 15) is 4.79 Å². The SMILES string of the molecule is CCC(=O)Nc1ccc(N2CCN(c3ccc(OC)cc3)CC2)cn1. The van der Waals surface area contributed by atoms with E-state index in [1.54, 1.807) is 7.11 Å². The summed E-state index contributed by atoms with van der Waals surface area (Å²) < 4.78 is 5.21. The highest BCUT2D eigenvalue weighted by molar-refractivity contribution is 5.89. The molecule has 6 nitrogen and oxygen atoms in total. The third-order valence-electron chi connectivity index (χ3n) is 4.42. The lowest BCUT2D eigenvalue weighted by Gasteiger charge is -2.37. The van der Waals surface area contributed by atoms with Crippen molar-refractivity contribution in [3.05, 3.63) is 42.6 Å². The van der Waals surface area contributed by atoms with Gasteiger partial charge in [-0.05, 0) is 36.4 Å². The Morgan fingerprint density at radius 3 is 2.16 bits per heavy atom. The van der Waals surface area contributed by atoms with E-state index >= 15 is 0 Å². The van der Waals surface area contributed by atoms with Crippen LogP contribution < -0.4 is 19.9 Å². The van der Waals surface area contributed by atoms with Crippen LogP contribution in [0, 0.1) is 0 Å². The quantitative estimate of drug-likeness (QED) is 0.907. The third-order valence-corrected chi connectivity index (χ3v) is 4.42. The van der Waals surface area contributed by atoms with Crippen LogP contribution in [0.5, 0.6) is 5.75 Å². The van der Waals surface area contributed by atoms with Crippen molar-refractivity contribution in [2.45, 2.75) is 13.3 Å². The molecule has 1 amide bonds. The molecule has 3 rings (SSSR count). The Morgan fingerprint density at radius 1 is 1.04 bits per heavy atom. The highest BCUT2D eigenvalue weighted by Crippen LogP contribution is 2.23. The molecule has 0 saturated carbocycles. The Bertz CT molecular complexity index is 692. The van der Waals surface area contributed by atoms with Crippen LogP contribution >= 0.6 is 0 Å². The summed E-state index contributed by atoms with van der Waals surface area (Å²) in [6.07, 6.45) is 2.28. The normalized spacial score (nSPS) is 14.3. The predicted molar refractivity (Wildman–Crippen MR) is 101 cm³/mol. The largest absolute Gasteiger partial charge is 0.497 e. The molecular formula is C19H24N4O2. The lowest BCUT2D eigenvalue weighted by atomic mass is 10.2. The molecule has 1 aromatic heterocycles. The van der Waals surface area contributed by atoms with Gasteiger partial charge in [0.25, 0.3) is 0 Å². The van der Waals surface area contributed by atoms with Crippen molar-refractivity contribution in [1.29, 1.82) is 0 Å². The number of hydrogen-bond acceptors (Lipinski definition) is 5. The maximum absolute atomic E-state index is 11.4. The molecule has 2 heterocycles. The van der Waals surface area contributed by atoms with Crippen LogP contribution in [0.15, 0.2) is 42.6 Å². The monoisotopic (exact) mass is 340 g/mol. The highest BCUT2D eigenvalue weighted by atomic mass is 16.5. The van der Waals surface area contributed by atoms with Crippen LogP contribution in [-0.4, -0.2) is 44.2 Å². The molecule has 1 saturated heterocycles. The second kappa shape index (κ2) is 7.88. The van der Waals surface area contributed by atoms with Crippen molar-refractivity contribution in [3.8, 4) is 5.75 Å². The number of amides is 1. The number of carbonyl (C=O) groups is 1. The van der Waals surface area contributed by atoms with Gasteiger partial charge in [-0.2, -0.15) is 0 Å². The molecule has 0 spiro atoms. The summed E-state index contributed by atoms with van der Waals surface area (Å²) in [7, 11) is 1.68. The summed E-state index contributed by atoms with van der Waals surface area (Å²) in [6, 6.07) is 12.1. The first-order chi connectivity index (χ1) is 12.2. The molecular weight excluding hydrogens is 316 g/mol. The zero-order chi connectivity index (χ0) is 17.6. The summed E-state index contributed by atoms with van der Waals surface area (Å²) >= 11 is 0. The van der Waals surface area contributed by atoms with Gasteiger partial charge in [0.2, 0.25) is 5.91 Å². The number of rotatable bonds is 5. The van der Waals surface area contributed by atoms with E-state index in [0.717, 1.165) is 37.6 Å². The first kappa shape index (κ1) is 17.1. The van der Waals surface area contributed by atoms with Crippen molar-refractivity contribution in [3.63, 3.8) is 0 Å². The van der Waals surface area contributed by atoms with E-state index in [2.05, 4.69) is 32.2 Å². The minimum Gasteiger partial charge on any atom is -0.497 e. The van der Waals surface area contributed by atoms with Crippen LogP contribution in [0.2, 0.25) is 0 Å². The van der Waals surface area contributed by atoms with E-state index in [1.165, 1.54) is 5.69 Å². The predicted octanol–water partition coefficient (Wildman–Crippen LogP) is 2.77. The van der Waals surface area contributed by atoms with E-state index < -0.39 is 0 Å². The minimum atomic E-state index is -0.0200. The maximum Gasteiger partial charge on any atom is 0.225 e. The van der Waals surface area contributed by atoms with Gasteiger partial charge in [0.1, 0.15) is 11.6 Å². The van der Waals surface area contributed by atoms with Crippen LogP contribution in [-0.2, 0) is 4.79 Å². The Morgan fingerprint density at radius 2 is 1.64 bits per heavy atom. The lowest BCUT2D eigenvalue weighted by Crippen LogP contribution is -2.46. The molecule has 2 aromatic rings. The standard InChI is InChI=1S/C19H24N4O2/c1-3-19(24)21-18-9-6-16(14-20-18)23-12-10-22(11-13-23)15-4-7-17(25-2)8-5-15/h4-9,14H,3,10-13H2,1-2H3,(H,20,21,24). The molecule has 132 valence electrons. The molecule has 0 bridgehead atoms. The number of nitrogens with one attached hydrogen (secondary N) is 1. The lowest BCUT2D eigenvalue weighted by molar-refractivity contribution is -0.115. The van der Waals surface area contributed by atoms with Gasteiger partial charge in [-0.15, -0.1) is 0 Å². The molecule has 6 heteroatoms. The van der Waals surface area contributed by atoms with E-state index in [1.807, 2.05) is 37.4 Å². The van der Waals surface area contributed by atoms with Gasteiger partial charge in [0.15, 0.2) is 0 Å². The second-order valence-corrected chi connectivity index (χ2v) is 5.98. The highest BCUT2D eigenvalue weighted by Gasteiger charge is 2.18. The number of methoxy groups -OCH3 is 1. The number of nitrogens with zero attached hydrogens (tertiary/aromatic N) is 3. The Balaban J connectivity index is 1.57. The van der Waals surface area contributed by atoms with Crippen molar-refractivity contribution >= 4 is 23.1 Å². The third kappa shape index (κ3) is 4.21. The average molecular weight is 340 g/mol. The Kier molecular flexibility index (Phi) is 5.38. The van der Waals surface area contributed by atoms with Gasteiger partial charge in [0.05, 0.1) is 19.0 Å². The summed E-state index contributed by atoms with van der Waals surface area (Å²) in [4.78, 5) is 20.4. The van der Waals surface area contributed by atoms with Gasteiger partial charge in [0, 0.05) is 38.3 Å². The number of piperazine rings is 1. The average Bonchev–Trinajstić information content (AvgIpc) is 2.69. The van der Waals surface area contributed by atoms with Crippen molar-refractivity contribution < 1.29 is 9.53 Å². The number of benzene rings is 1. The van der Waals surface area contributed by atoms with Gasteiger partial charge in [-0.25, -0.2) is 4.98 Å². The number of anilines is 3. The smallest absolute Gasteiger partial charge is 0.225 e. The molecule has 1 aliphatic rings. The molecule has 1 N–H and O–H groups in total. The topological polar surface area (TPSA) is 57.7 Å². The first-order valence-corrected chi connectivity index (χ1v) is 8.59. The second-order valence-electron chi connectivity index (χ2n) is 5.98. The summed E-state index contributed by atoms with van der Waals surface area (Å²) in [5.74, 6) is 1.46. The number of hydrogen-bond donors (Lipinski definition) is 1. The molecule has 1 aromatic carbocycles. The molecule has 25 heavy (non-hydrogen) atoms. The molecule has 1 aliphatic heterocycles. The fourth-order valence-corrected chi connectivity index (χ4v) is 2.89. The number of carbonyl (C=O) groups excluding carboxylic acids is 1. The van der Waals surface area contributed by atoms with E-state index in [-0.39, 0.29) is 5.91 Å². The number of pyridine rings is 1. The van der Waals surface area contributed by atoms with Gasteiger partial charge in [-0.3, -0.25) is 4.79 Å². The fraction of sp³-hybridized carbons (Fsp3) is 0.368. The molecule has 0 aliphatic carbocycles. The summed E-state index contributed by atoms with van der Waals surface area (Å²) in [6.45, 7) is 5.62. The van der Waals surface area contributed by atoms with Crippen molar-refractivity contribution in [1.82, 2.24) is 4.98 Å². The van der Waals surface area contributed by atoms with Crippen molar-refractivity contribution in [2.24, 2.45) is 0 Å². The zero-order valence-corrected chi connectivity index (χ0v) is 14.7. The van der Waals surface area contributed by atoms with Crippen LogP contribution in [0.1, 0.15) is 13.3 Å². The molecule has 1 fully saturated rings. The first-order valence-electron chi connectivity index (χ1n) is 8.59. The van der Waals surface area contributed by atoms with Gasteiger partial charge in [-0.1, -0.05) is 6.92 Å². The van der Waals surface area contributed by atoms with Gasteiger partial charge >= 0.3 is 0 Å². The van der Waals surface area contributed by atoms with Crippen LogP contribution in [0.4, 0.5) is 17.2 Å². The maximum atomic E-state index is 11.4. The number of aromatic nitrogens is 1. The van der Waals surface area contributed by atoms with Crippen LogP contribution in [0.25, 0.3) is 0 Å². The zero-order valence-electron chi connectivity index (χ0n) is 14.7. The van der Waals surface area contributed by atoms with Gasteiger partial charge < -0.3 is 19.9 Å². The number of ether oxygens (including phenoxy) is 1. The van der Waals surface area contributed by atoms with Crippen molar-refractivity contribution in [2.75, 3.05) is 48.4 Å². The van der Waals surface area contributed by atoms with E-state index in [4.69, 9.17) is 4.74 Å². The Labute approximate surface area is 148 Å². The summed E-state index contributed by atoms with van der Waals surface area (Å²) in [5, 5.41) is 2.77. The van der Waals surface area contributed by atoms with Crippen LogP contribution in [0.3, 0.4) is 0 Å². The van der Waals surface area contributed by atoms with E-state index in [0.29, 0.717) is 12.2 Å². The summed E-state index contributed by atoms with van der Waals surface area (Å²) in [5.41, 5.74) is 2.31. The molecule has 0 unspecified atom stereocenters. The molecule has 0 atom stereocenters.